The van der Waals surface area contributed by atoms with E-state index in [9.17, 15) is 14.4 Å². The molecule has 0 saturated heterocycles. The molecule has 12 aromatic rings. The van der Waals surface area contributed by atoms with Crippen LogP contribution in [-0.4, -0.2) is 115 Å². The predicted molar refractivity (Wildman–Crippen MR) is 577 cm³/mol. The van der Waals surface area contributed by atoms with E-state index in [1.54, 1.807) is 12.1 Å². The first kappa shape index (κ1) is 129. The number of oxime groups is 1. The van der Waals surface area contributed by atoms with Crippen LogP contribution in [0.4, 0.5) is 0 Å². The fourth-order valence-corrected chi connectivity index (χ4v) is 20.5. The van der Waals surface area contributed by atoms with Gasteiger partial charge in [0.25, 0.3) is 0 Å². The number of halogens is 10. The van der Waals surface area contributed by atoms with Crippen LogP contribution in [0.15, 0.2) is 345 Å². The van der Waals surface area contributed by atoms with Crippen molar-refractivity contribution >= 4 is 197 Å². The Kier molecular flexibility index (Phi) is 79.4. The van der Waals surface area contributed by atoms with Gasteiger partial charge in [0.1, 0.15) is 0 Å². The Morgan fingerprint density at radius 3 is 1.08 bits per heavy atom. The molecule has 0 radical (unpaired) electrons. The number of carbonyl (C=O) groups is 3. The molecule has 9 N–H and O–H groups in total. The zero-order valence-electron chi connectivity index (χ0n) is 75.9. The number of aryl methyl sites for hydroxylation is 7. The van der Waals surface area contributed by atoms with Crippen LogP contribution in [0.1, 0.15) is 157 Å². The fraction of sp³-hybridized carbons (Fsp3) is 0.260. The molecule has 13 nitrogen and oxygen atoms in total. The van der Waals surface area contributed by atoms with Crippen LogP contribution in [-0.2, 0) is 72.1 Å². The van der Waals surface area contributed by atoms with Crippen molar-refractivity contribution in [2.75, 3.05) is 37.6 Å². The molecule has 700 valence electrons. The number of nitrogens with two attached hydrogens (primary N) is 2. The van der Waals surface area contributed by atoms with Crippen LogP contribution in [0.5, 0.6) is 0 Å². The van der Waals surface area contributed by atoms with Gasteiger partial charge in [0, 0.05) is 74.7 Å². The topological polar surface area (TPSA) is 250 Å². The molecule has 0 heterocycles. The molecule has 4 aliphatic carbocycles. The summed E-state index contributed by atoms with van der Waals surface area (Å²) in [6, 6.07) is 116. The van der Waals surface area contributed by atoms with Gasteiger partial charge in [-0.05, 0) is 146 Å². The van der Waals surface area contributed by atoms with Crippen molar-refractivity contribution in [2.45, 2.75) is 136 Å². The first-order valence-electron chi connectivity index (χ1n) is 42.0. The molecule has 12 aromatic carbocycles. The molecule has 0 aliphatic heterocycles. The van der Waals surface area contributed by atoms with E-state index in [-0.39, 0.29) is 87.3 Å². The van der Waals surface area contributed by atoms with Crippen LogP contribution in [0.2, 0.25) is 0 Å². The fourth-order valence-electron chi connectivity index (χ4n) is 12.8. The van der Waals surface area contributed by atoms with Gasteiger partial charge in [-0.2, -0.15) is 5.26 Å². The van der Waals surface area contributed by atoms with Gasteiger partial charge in [-0.3, -0.25) is 14.4 Å². The summed E-state index contributed by atoms with van der Waals surface area (Å²) in [5, 5.41) is 57.4. The summed E-state index contributed by atoms with van der Waals surface area (Å²) in [4.78, 5) is 31.4. The summed E-state index contributed by atoms with van der Waals surface area (Å²) < 4.78 is 2.08. The maximum absolute atomic E-state index is 11.1. The number of aliphatic hydroxyl groups is 2. The van der Waals surface area contributed by atoms with Crippen molar-refractivity contribution in [3.05, 3.63) is 412 Å². The Morgan fingerprint density at radius 1 is 0.473 bits per heavy atom. The maximum Gasteiger partial charge on any atom is 1.00 e. The summed E-state index contributed by atoms with van der Waals surface area (Å²) in [6.45, 7) is 9.91. The number of rotatable bonds is 16. The number of aliphatic hydroxyl groups excluding tert-OH is 2. The van der Waals surface area contributed by atoms with E-state index in [1.165, 1.54) is 66.0 Å². The third-order valence-corrected chi connectivity index (χ3v) is 30.3. The number of carbonyl (C=O) groups excluding carboxylic acids is 1. The number of nitrogens with zero attached hydrogens (tertiary/aromatic N) is 2. The molecule has 0 fully saturated rings. The Labute approximate surface area is 867 Å². The molecule has 0 saturated carbocycles. The van der Waals surface area contributed by atoms with E-state index >= 15 is 0 Å². The predicted octanol–water partition coefficient (Wildman–Crippen LogP) is 22.6. The molecule has 2 atom stereocenters. The van der Waals surface area contributed by atoms with Crippen molar-refractivity contribution < 1.29 is 65.0 Å². The number of carboxylic acid groups (broad SMARTS) is 2. The van der Waals surface area contributed by atoms with Crippen molar-refractivity contribution in [3.8, 4) is 6.07 Å². The largest absolute Gasteiger partial charge is 1.00 e. The van der Waals surface area contributed by atoms with Gasteiger partial charge < -0.3 is 43.3 Å². The molecular formula is C104H128Al2Br3Cl7LiN4O9P. The number of hydrogen-bond donors (Lipinski definition) is 7. The van der Waals surface area contributed by atoms with E-state index < -0.39 is 27.3 Å². The average molecular weight is 2160 g/mol. The van der Waals surface area contributed by atoms with Gasteiger partial charge in [-0.15, -0.1) is 48.0 Å². The number of benzene rings is 12. The summed E-state index contributed by atoms with van der Waals surface area (Å²) in [7, 11) is 15.8. The van der Waals surface area contributed by atoms with E-state index in [2.05, 4.69) is 228 Å². The van der Waals surface area contributed by atoms with Crippen molar-refractivity contribution in [1.29, 1.82) is 5.26 Å². The standard InChI is InChI=1S/C18H15Br2P.C9H9NO.2C9H11N.C9H9N.C9H10O2.C9H8O.C8H9Br.C8H8O2.C8H10O.C4H10O.C2H6.CH2Cl2.CH4O.2Al.5ClH.Li.4H/c19-21(20,16-10-4-1-5-11-16,17-12-6-2-7-13-17)18-14-8-3-9-15-18;11-10-9-6-5-7-3-1-2-4-8(7)9;2*10-9-6-5-7-3-1-2-4-8(7)9;10-8-4-7-9-5-2-1-3-6-9;10-9(11)7-6-8-4-2-1-3-5-8;10-9-6-5-7-3-1-2-4-8(7)9;9-7-6-8-4-2-1-3-5-8;9-8(10)6-7-4-2-1-3-5-7;9-7-6-8-4-2-1-3-5-8;1-3-5-4-2;1-2;2-1-3;1-2;;;;;;;;;;;;/h1-15H;1-4,11H,5-6H2;2*1-4,9H,5-6,10H2;1-3,5-6H,4,7H2;1-5H,6-7H2,(H,10,11);1-4H,5-6H2;1-5H,6-7H2;1-5H,6H2,(H,9,10);1-5,9H,6-7H2;3-4H2,1-2H3;1-2H3;1H2;2H,1H3;;;5*1H;;;;;/q;;;;;;;;;;;;;;;+3;;;;;;+1;;;;-1/p-3/b;10-9+;;;;;;;;;;;;;;;;;;;;;;;;/i;;;;8+1;9+1;;;8+1;;;;;;;;;;;;;;;;;. The van der Waals surface area contributed by atoms with Crippen molar-refractivity contribution in [3.63, 3.8) is 0 Å². The normalized spacial score (nSPS) is 12.6. The smallest absolute Gasteiger partial charge is 1.00 e. The zero-order chi connectivity index (χ0) is 93.6. The summed E-state index contributed by atoms with van der Waals surface area (Å²) in [6.07, 6.45) is 12.4. The second-order valence-electron chi connectivity index (χ2n) is 27.5. The van der Waals surface area contributed by atoms with Crippen LogP contribution in [0.25, 0.3) is 0 Å². The quantitative estimate of drug-likeness (QED) is 0.0119. The number of ketones is 1. The maximum atomic E-state index is 11.1. The second kappa shape index (κ2) is 80.8. The summed E-state index contributed by atoms with van der Waals surface area (Å²) >= 11 is 19.5. The van der Waals surface area contributed by atoms with Crippen LogP contribution >= 0.6 is 129 Å². The number of hydrogen-bond acceptors (Lipinski definition) is 11. The number of carboxylic acids is 2. The van der Waals surface area contributed by atoms with Gasteiger partial charge in [-0.1, -0.05) is 284 Å². The van der Waals surface area contributed by atoms with Crippen LogP contribution < -0.4 is 46.2 Å². The SMILES string of the molecule is BrCCc1ccccc1.BrP(Br)(c1ccccc1)(c1ccccc1)c1ccccc1.CC.CCOCC.CO.Cl.Cl.ClCCl.N#[13C]CCc1ccccc1.NC1CCc2ccccc21.NC1CCc2ccccc21.O/N=C1\CCc2ccccc21.O=C1CCc2ccccc21.O=[13C](O)CCc1ccccc1.O=[13C](O)Cc1ccccc1.OCCc1ccccc1.[AlH3].[Cl][Al]([Cl])[Cl].[H-].[Li+]. The first-order valence-corrected chi connectivity index (χ1v) is 55.7. The molecule has 2 unspecified atom stereocenters. The molecule has 0 amide bonds. The third-order valence-electron chi connectivity index (χ3n) is 18.9. The minimum Gasteiger partial charge on any atom is -1.00 e. The van der Waals surface area contributed by atoms with Crippen molar-refractivity contribution in [1.82, 2.24) is 0 Å². The average Bonchev–Trinajstić information content (AvgIpc) is 1.59. The van der Waals surface area contributed by atoms with Crippen LogP contribution in [0.3, 0.4) is 0 Å². The first-order chi connectivity index (χ1) is 61.6. The number of aliphatic carboxylic acids is 2. The second-order valence-corrected chi connectivity index (χ2v) is 50.2. The number of nitriles is 1. The number of alkyl halides is 3. The Bertz CT molecular complexity index is 4750. The van der Waals surface area contributed by atoms with Gasteiger partial charge in [0.05, 0.1) is 23.5 Å². The molecule has 0 aromatic heterocycles. The minimum absolute atomic E-state index is 0. The van der Waals surface area contributed by atoms with Gasteiger partial charge in [0.2, 0.25) is 0 Å². The van der Waals surface area contributed by atoms with E-state index in [0.29, 0.717) is 37.1 Å². The zero-order valence-corrected chi connectivity index (χ0v) is 87.1. The van der Waals surface area contributed by atoms with Crippen molar-refractivity contribution in [2.24, 2.45) is 16.6 Å². The number of fused-ring (bicyclic) bond motifs is 4. The molecular weight excluding hydrogens is 2030 g/mol. The van der Waals surface area contributed by atoms with Crippen LogP contribution in [0, 0.1) is 11.3 Å². The minimum atomic E-state index is -2.75. The Morgan fingerprint density at radius 2 is 0.771 bits per heavy atom. The molecule has 4 aliphatic rings. The third kappa shape index (κ3) is 53.6. The van der Waals surface area contributed by atoms with Gasteiger partial charge >= 0.3 is 184 Å². The molecule has 0 bridgehead atoms. The number of ether oxygens (including phenoxy) is 1. The summed E-state index contributed by atoms with van der Waals surface area (Å²) in [5.74, 6) is -1.23. The van der Waals surface area contributed by atoms with E-state index in [1.807, 2.05) is 185 Å². The van der Waals surface area contributed by atoms with Gasteiger partial charge in [-0.25, -0.2) is 30.1 Å². The molecule has 27 heteroatoms. The molecule has 131 heavy (non-hydrogen) atoms. The molecule has 16 rings (SSSR count). The molecule has 0 spiro atoms. The monoisotopic (exact) mass is 2150 g/mol. The Balaban J connectivity index is -0.000000681. The van der Waals surface area contributed by atoms with E-state index in [0.717, 1.165) is 118 Å². The Hall–Kier alpha value is -6.43. The number of Topliss-reactive ketones (excluding diaryl/α,β-unsaturated/α-hetero) is 1. The summed E-state index contributed by atoms with van der Waals surface area (Å²) in [5.41, 5.74) is 28.4. The van der Waals surface area contributed by atoms with E-state index in [4.69, 9.17) is 100 Å². The van der Waals surface area contributed by atoms with Gasteiger partial charge in [0.15, 0.2) is 23.1 Å².